The average molecular weight is 339 g/mol. The average Bonchev–Trinajstić information content (AvgIpc) is 2.73. The Balaban J connectivity index is 2.29. The second kappa shape index (κ2) is 5.73. The molecule has 0 fully saturated rings. The number of hydrogen-bond donors (Lipinski definition) is 1. The van der Waals surface area contributed by atoms with E-state index in [0.29, 0.717) is 0 Å². The standard InChI is InChI=1S/C15H19BrN2S/c1-10-11(2)19-14(18-10)15(3,17-4)9-12-5-7-13(16)8-6-12/h5-8,17H,9H2,1-4H3. The molecule has 1 heterocycles. The van der Waals surface area contributed by atoms with Crippen molar-refractivity contribution in [2.75, 3.05) is 7.05 Å². The van der Waals surface area contributed by atoms with E-state index in [1.807, 2.05) is 7.05 Å². The molecule has 0 radical (unpaired) electrons. The van der Waals surface area contributed by atoms with Gasteiger partial charge in [-0.05, 0) is 51.9 Å². The third-order valence-electron chi connectivity index (χ3n) is 3.52. The number of nitrogens with zero attached hydrogens (tertiary/aromatic N) is 1. The molecule has 1 N–H and O–H groups in total. The zero-order valence-corrected chi connectivity index (χ0v) is 14.2. The molecule has 0 spiro atoms. The number of thiazole rings is 1. The lowest BCUT2D eigenvalue weighted by molar-refractivity contribution is 0.395. The van der Waals surface area contributed by atoms with Crippen molar-refractivity contribution in [1.82, 2.24) is 10.3 Å². The van der Waals surface area contributed by atoms with Crippen molar-refractivity contribution in [3.8, 4) is 0 Å². The van der Waals surface area contributed by atoms with Crippen LogP contribution in [0.1, 0.15) is 28.1 Å². The molecule has 0 bridgehead atoms. The summed E-state index contributed by atoms with van der Waals surface area (Å²) < 4.78 is 1.11. The number of nitrogens with one attached hydrogen (secondary N) is 1. The van der Waals surface area contributed by atoms with E-state index < -0.39 is 0 Å². The molecule has 1 atom stereocenters. The van der Waals surface area contributed by atoms with E-state index in [9.17, 15) is 0 Å². The van der Waals surface area contributed by atoms with Gasteiger partial charge >= 0.3 is 0 Å². The first-order valence-corrected chi connectivity index (χ1v) is 7.93. The van der Waals surface area contributed by atoms with Crippen LogP contribution < -0.4 is 5.32 Å². The Hall–Kier alpha value is -0.710. The summed E-state index contributed by atoms with van der Waals surface area (Å²) >= 11 is 5.26. The minimum Gasteiger partial charge on any atom is -0.308 e. The van der Waals surface area contributed by atoms with Crippen molar-refractivity contribution in [2.24, 2.45) is 0 Å². The predicted octanol–water partition coefficient (Wildman–Crippen LogP) is 4.20. The van der Waals surface area contributed by atoms with Gasteiger partial charge in [0.1, 0.15) is 5.01 Å². The van der Waals surface area contributed by atoms with Gasteiger partial charge in [-0.15, -0.1) is 11.3 Å². The van der Waals surface area contributed by atoms with Crippen LogP contribution in [0.4, 0.5) is 0 Å². The molecule has 0 saturated heterocycles. The summed E-state index contributed by atoms with van der Waals surface area (Å²) in [6.07, 6.45) is 0.934. The Morgan fingerprint density at radius 3 is 2.37 bits per heavy atom. The fraction of sp³-hybridized carbons (Fsp3) is 0.400. The van der Waals surface area contributed by atoms with Gasteiger partial charge in [-0.3, -0.25) is 0 Å². The molecular weight excluding hydrogens is 320 g/mol. The molecule has 1 aromatic carbocycles. The molecule has 19 heavy (non-hydrogen) atoms. The zero-order valence-electron chi connectivity index (χ0n) is 11.7. The first kappa shape index (κ1) is 14.7. The summed E-state index contributed by atoms with van der Waals surface area (Å²) in [6.45, 7) is 6.42. The summed E-state index contributed by atoms with van der Waals surface area (Å²) in [6, 6.07) is 8.49. The number of aryl methyl sites for hydroxylation is 2. The van der Waals surface area contributed by atoms with Crippen LogP contribution in [0.3, 0.4) is 0 Å². The third-order valence-corrected chi connectivity index (χ3v) is 5.39. The van der Waals surface area contributed by atoms with E-state index in [1.54, 1.807) is 11.3 Å². The van der Waals surface area contributed by atoms with Gasteiger partial charge in [0.25, 0.3) is 0 Å². The van der Waals surface area contributed by atoms with E-state index >= 15 is 0 Å². The topological polar surface area (TPSA) is 24.9 Å². The highest BCUT2D eigenvalue weighted by molar-refractivity contribution is 9.10. The molecule has 0 saturated carbocycles. The molecular formula is C15H19BrN2S. The van der Waals surface area contributed by atoms with E-state index in [2.05, 4.69) is 66.3 Å². The number of likely N-dealkylation sites (N-methyl/N-ethyl adjacent to an activating group) is 1. The third kappa shape index (κ3) is 3.25. The minimum absolute atomic E-state index is 0.114. The van der Waals surface area contributed by atoms with Gasteiger partial charge in [0.05, 0.1) is 11.2 Å². The molecule has 2 rings (SSSR count). The van der Waals surface area contributed by atoms with E-state index in [4.69, 9.17) is 4.98 Å². The van der Waals surface area contributed by atoms with Gasteiger partial charge < -0.3 is 5.32 Å². The van der Waals surface area contributed by atoms with E-state index in [0.717, 1.165) is 21.6 Å². The number of aromatic nitrogens is 1. The molecule has 4 heteroatoms. The molecule has 1 aromatic heterocycles. The van der Waals surface area contributed by atoms with Crippen LogP contribution in [0.25, 0.3) is 0 Å². The van der Waals surface area contributed by atoms with Gasteiger partial charge in [0.2, 0.25) is 0 Å². The molecule has 0 amide bonds. The fourth-order valence-electron chi connectivity index (χ4n) is 1.99. The highest BCUT2D eigenvalue weighted by Crippen LogP contribution is 2.30. The van der Waals surface area contributed by atoms with Crippen LogP contribution in [-0.2, 0) is 12.0 Å². The quantitative estimate of drug-likeness (QED) is 0.903. The monoisotopic (exact) mass is 338 g/mol. The van der Waals surface area contributed by atoms with Crippen molar-refractivity contribution < 1.29 is 0 Å². The summed E-state index contributed by atoms with van der Waals surface area (Å²) in [5.41, 5.74) is 2.33. The summed E-state index contributed by atoms with van der Waals surface area (Å²) in [7, 11) is 2.00. The first-order valence-electron chi connectivity index (χ1n) is 6.32. The maximum absolute atomic E-state index is 4.71. The van der Waals surface area contributed by atoms with Crippen LogP contribution in [0, 0.1) is 13.8 Å². The maximum Gasteiger partial charge on any atom is 0.113 e. The second-order valence-corrected chi connectivity index (χ2v) is 7.16. The number of benzene rings is 1. The molecule has 0 aliphatic heterocycles. The SMILES string of the molecule is CNC(C)(Cc1ccc(Br)cc1)c1nc(C)c(C)s1. The van der Waals surface area contributed by atoms with Crippen molar-refractivity contribution in [3.63, 3.8) is 0 Å². The summed E-state index contributed by atoms with van der Waals surface area (Å²) in [5, 5.41) is 4.59. The fourth-order valence-corrected chi connectivity index (χ4v) is 3.32. The lowest BCUT2D eigenvalue weighted by atomic mass is 9.93. The van der Waals surface area contributed by atoms with Gasteiger partial charge in [0, 0.05) is 9.35 Å². The Morgan fingerprint density at radius 1 is 1.26 bits per heavy atom. The van der Waals surface area contributed by atoms with Crippen molar-refractivity contribution in [3.05, 3.63) is 49.9 Å². The lowest BCUT2D eigenvalue weighted by Crippen LogP contribution is -2.38. The van der Waals surface area contributed by atoms with Crippen LogP contribution in [0.2, 0.25) is 0 Å². The second-order valence-electron chi connectivity index (χ2n) is 5.05. The summed E-state index contributed by atoms with van der Waals surface area (Å²) in [4.78, 5) is 6.01. The highest BCUT2D eigenvalue weighted by atomic mass is 79.9. The number of hydrogen-bond acceptors (Lipinski definition) is 3. The van der Waals surface area contributed by atoms with Crippen LogP contribution in [0.15, 0.2) is 28.7 Å². The number of rotatable bonds is 4. The highest BCUT2D eigenvalue weighted by Gasteiger charge is 2.28. The van der Waals surface area contributed by atoms with Crippen LogP contribution in [0.5, 0.6) is 0 Å². The number of halogens is 1. The van der Waals surface area contributed by atoms with Gasteiger partial charge in [-0.2, -0.15) is 0 Å². The largest absolute Gasteiger partial charge is 0.308 e. The normalized spacial score (nSPS) is 14.4. The van der Waals surface area contributed by atoms with E-state index in [-0.39, 0.29) is 5.54 Å². The molecule has 2 nitrogen and oxygen atoms in total. The van der Waals surface area contributed by atoms with Gasteiger partial charge in [0.15, 0.2) is 0 Å². The Kier molecular flexibility index (Phi) is 4.43. The van der Waals surface area contributed by atoms with Gasteiger partial charge in [-0.1, -0.05) is 28.1 Å². The van der Waals surface area contributed by atoms with Crippen LogP contribution in [-0.4, -0.2) is 12.0 Å². The Morgan fingerprint density at radius 2 is 1.89 bits per heavy atom. The van der Waals surface area contributed by atoms with Crippen molar-refractivity contribution in [1.29, 1.82) is 0 Å². The molecule has 0 aliphatic carbocycles. The molecule has 1 unspecified atom stereocenters. The molecule has 0 aliphatic rings. The molecule has 2 aromatic rings. The predicted molar refractivity (Wildman–Crippen MR) is 85.8 cm³/mol. The smallest absolute Gasteiger partial charge is 0.113 e. The van der Waals surface area contributed by atoms with Crippen molar-refractivity contribution in [2.45, 2.75) is 32.7 Å². The van der Waals surface area contributed by atoms with Crippen LogP contribution >= 0.6 is 27.3 Å². The molecule has 102 valence electrons. The lowest BCUT2D eigenvalue weighted by Gasteiger charge is -2.27. The minimum atomic E-state index is -0.114. The zero-order chi connectivity index (χ0) is 14.0. The Labute approximate surface area is 127 Å². The van der Waals surface area contributed by atoms with E-state index in [1.165, 1.54) is 10.4 Å². The first-order chi connectivity index (χ1) is 8.94. The van der Waals surface area contributed by atoms with Gasteiger partial charge in [-0.25, -0.2) is 4.98 Å². The Bertz CT molecular complexity index is 543. The summed E-state index contributed by atoms with van der Waals surface area (Å²) in [5.74, 6) is 0. The maximum atomic E-state index is 4.71. The van der Waals surface area contributed by atoms with Crippen molar-refractivity contribution >= 4 is 27.3 Å².